The molecule has 0 radical (unpaired) electrons. The first-order chi connectivity index (χ1) is 6.22. The van der Waals surface area contributed by atoms with E-state index < -0.39 is 0 Å². The monoisotopic (exact) mass is 177 g/mol. The smallest absolute Gasteiger partial charge is 0.128 e. The number of nitrogens with one attached hydrogen (secondary N) is 1. The summed E-state index contributed by atoms with van der Waals surface area (Å²) in [6.07, 6.45) is 0.981. The van der Waals surface area contributed by atoms with E-state index in [1.165, 1.54) is 0 Å². The fourth-order valence-corrected chi connectivity index (χ4v) is 0.890. The Labute approximate surface area is 78.7 Å². The summed E-state index contributed by atoms with van der Waals surface area (Å²) in [5.74, 6) is 1.33. The van der Waals surface area contributed by atoms with Crippen molar-refractivity contribution in [2.45, 2.75) is 13.3 Å². The summed E-state index contributed by atoms with van der Waals surface area (Å²) in [4.78, 5) is 4.10. The van der Waals surface area contributed by atoms with Crippen LogP contribution in [-0.4, -0.2) is 11.5 Å². The molecule has 70 valence electrons. The number of nitrogens with two attached hydrogens (primary N) is 1. The first kappa shape index (κ1) is 9.58. The molecule has 1 rings (SSSR count). The van der Waals surface area contributed by atoms with Gasteiger partial charge in [0.05, 0.1) is 0 Å². The molecule has 0 saturated heterocycles. The van der Waals surface area contributed by atoms with E-state index in [-0.39, 0.29) is 0 Å². The second kappa shape index (κ2) is 4.50. The molecule has 0 aliphatic rings. The molecule has 0 unspecified atom stereocenters. The van der Waals surface area contributed by atoms with Crippen molar-refractivity contribution < 1.29 is 0 Å². The van der Waals surface area contributed by atoms with Gasteiger partial charge < -0.3 is 11.1 Å². The highest BCUT2D eigenvalue weighted by atomic mass is 15.0. The Morgan fingerprint density at radius 1 is 1.62 bits per heavy atom. The first-order valence-electron chi connectivity index (χ1n) is 4.35. The highest BCUT2D eigenvalue weighted by Crippen LogP contribution is 2.06. The average molecular weight is 177 g/mol. The molecule has 3 nitrogen and oxygen atoms in total. The van der Waals surface area contributed by atoms with Crippen LogP contribution >= 0.6 is 0 Å². The third-order valence-electron chi connectivity index (χ3n) is 1.79. The van der Waals surface area contributed by atoms with E-state index in [9.17, 15) is 0 Å². The molecule has 0 aromatic carbocycles. The summed E-state index contributed by atoms with van der Waals surface area (Å²) < 4.78 is 0. The molecule has 0 spiro atoms. The van der Waals surface area contributed by atoms with Gasteiger partial charge in [0, 0.05) is 6.54 Å². The Bertz CT molecular complexity index is 294. The maximum Gasteiger partial charge on any atom is 0.128 e. The highest BCUT2D eigenvalue weighted by molar-refractivity contribution is 5.42. The van der Waals surface area contributed by atoms with E-state index in [1.54, 1.807) is 6.07 Å². The van der Waals surface area contributed by atoms with E-state index in [4.69, 9.17) is 5.73 Å². The molecule has 1 heterocycles. The van der Waals surface area contributed by atoms with Crippen molar-refractivity contribution in [1.29, 1.82) is 0 Å². The third kappa shape index (κ3) is 3.15. The molecule has 0 fully saturated rings. The van der Waals surface area contributed by atoms with Gasteiger partial charge in [0.15, 0.2) is 0 Å². The topological polar surface area (TPSA) is 50.9 Å². The van der Waals surface area contributed by atoms with E-state index in [0.29, 0.717) is 5.82 Å². The van der Waals surface area contributed by atoms with Crippen molar-refractivity contribution in [1.82, 2.24) is 4.98 Å². The molecular formula is C10H15N3. The second-order valence-electron chi connectivity index (χ2n) is 2.90. The summed E-state index contributed by atoms with van der Waals surface area (Å²) in [7, 11) is 0. The van der Waals surface area contributed by atoms with Crippen LogP contribution in [0.3, 0.4) is 0 Å². The highest BCUT2D eigenvalue weighted by Gasteiger charge is 1.94. The first-order valence-corrected chi connectivity index (χ1v) is 4.35. The minimum Gasteiger partial charge on any atom is -0.384 e. The number of hydrogen-bond acceptors (Lipinski definition) is 3. The summed E-state index contributed by atoms with van der Waals surface area (Å²) in [5.41, 5.74) is 6.68. The SMILES string of the molecule is C=C(CC)CNc1cccc(N)n1. The minimum absolute atomic E-state index is 0.534. The number of aromatic nitrogens is 1. The van der Waals surface area contributed by atoms with Crippen molar-refractivity contribution in [2.24, 2.45) is 0 Å². The number of pyridine rings is 1. The maximum absolute atomic E-state index is 5.52. The Kier molecular flexibility index (Phi) is 3.31. The summed E-state index contributed by atoms with van der Waals surface area (Å²) in [6.45, 7) is 6.73. The zero-order valence-electron chi connectivity index (χ0n) is 7.88. The molecule has 3 N–H and O–H groups in total. The standard InChI is InChI=1S/C10H15N3/c1-3-8(2)7-12-10-6-4-5-9(11)13-10/h4-6H,2-3,7H2,1H3,(H3,11,12,13). The minimum atomic E-state index is 0.534. The molecule has 0 aliphatic carbocycles. The van der Waals surface area contributed by atoms with Gasteiger partial charge in [0.1, 0.15) is 11.6 Å². The Balaban J connectivity index is 2.50. The van der Waals surface area contributed by atoms with Gasteiger partial charge in [0.25, 0.3) is 0 Å². The quantitative estimate of drug-likeness (QED) is 0.692. The Morgan fingerprint density at radius 3 is 3.00 bits per heavy atom. The van der Waals surface area contributed by atoms with Crippen molar-refractivity contribution >= 4 is 11.6 Å². The lowest BCUT2D eigenvalue weighted by atomic mass is 10.2. The van der Waals surface area contributed by atoms with E-state index in [2.05, 4.69) is 23.8 Å². The molecule has 0 aliphatic heterocycles. The zero-order chi connectivity index (χ0) is 9.68. The summed E-state index contributed by atoms with van der Waals surface area (Å²) in [5, 5.41) is 3.15. The van der Waals surface area contributed by atoms with Crippen molar-refractivity contribution in [3.63, 3.8) is 0 Å². The average Bonchev–Trinajstić information content (AvgIpc) is 2.14. The Hall–Kier alpha value is -1.51. The molecule has 0 bridgehead atoms. The van der Waals surface area contributed by atoms with Gasteiger partial charge in [-0.05, 0) is 18.6 Å². The van der Waals surface area contributed by atoms with E-state index >= 15 is 0 Å². The largest absolute Gasteiger partial charge is 0.384 e. The van der Waals surface area contributed by atoms with Gasteiger partial charge in [0.2, 0.25) is 0 Å². The van der Waals surface area contributed by atoms with Crippen LogP contribution in [0.5, 0.6) is 0 Å². The lowest BCUT2D eigenvalue weighted by molar-refractivity contribution is 1.04. The number of rotatable bonds is 4. The number of nitrogen functional groups attached to an aromatic ring is 1. The van der Waals surface area contributed by atoms with Crippen LogP contribution in [0, 0.1) is 0 Å². The molecule has 13 heavy (non-hydrogen) atoms. The lowest BCUT2D eigenvalue weighted by Gasteiger charge is -2.06. The lowest BCUT2D eigenvalue weighted by Crippen LogP contribution is -2.05. The van der Waals surface area contributed by atoms with Gasteiger partial charge in [-0.25, -0.2) is 4.98 Å². The molecule has 0 saturated carbocycles. The molecule has 1 aromatic rings. The Morgan fingerprint density at radius 2 is 2.38 bits per heavy atom. The zero-order valence-corrected chi connectivity index (χ0v) is 7.88. The molecular weight excluding hydrogens is 162 g/mol. The molecule has 1 aromatic heterocycles. The van der Waals surface area contributed by atoms with Crippen LogP contribution in [0.4, 0.5) is 11.6 Å². The van der Waals surface area contributed by atoms with Gasteiger partial charge in [-0.15, -0.1) is 0 Å². The van der Waals surface area contributed by atoms with Crippen LogP contribution in [0.2, 0.25) is 0 Å². The van der Waals surface area contributed by atoms with Gasteiger partial charge in [-0.1, -0.05) is 25.1 Å². The number of anilines is 2. The van der Waals surface area contributed by atoms with Gasteiger partial charge in [-0.3, -0.25) is 0 Å². The van der Waals surface area contributed by atoms with Crippen LogP contribution in [-0.2, 0) is 0 Å². The van der Waals surface area contributed by atoms with Crippen LogP contribution in [0.1, 0.15) is 13.3 Å². The van der Waals surface area contributed by atoms with E-state index in [1.807, 2.05) is 12.1 Å². The summed E-state index contributed by atoms with van der Waals surface area (Å²) >= 11 is 0. The van der Waals surface area contributed by atoms with Crippen LogP contribution < -0.4 is 11.1 Å². The van der Waals surface area contributed by atoms with Gasteiger partial charge in [-0.2, -0.15) is 0 Å². The fourth-order valence-electron chi connectivity index (χ4n) is 0.890. The third-order valence-corrected chi connectivity index (χ3v) is 1.79. The van der Waals surface area contributed by atoms with Crippen molar-refractivity contribution in [2.75, 3.05) is 17.6 Å². The molecule has 0 amide bonds. The molecule has 3 heteroatoms. The van der Waals surface area contributed by atoms with Crippen LogP contribution in [0.25, 0.3) is 0 Å². The van der Waals surface area contributed by atoms with Gasteiger partial charge >= 0.3 is 0 Å². The second-order valence-corrected chi connectivity index (χ2v) is 2.90. The normalized spacial score (nSPS) is 9.62. The van der Waals surface area contributed by atoms with Crippen molar-refractivity contribution in [3.8, 4) is 0 Å². The van der Waals surface area contributed by atoms with E-state index in [0.717, 1.165) is 24.4 Å². The van der Waals surface area contributed by atoms with Crippen molar-refractivity contribution in [3.05, 3.63) is 30.4 Å². The fraction of sp³-hybridized carbons (Fsp3) is 0.300. The predicted molar refractivity (Wildman–Crippen MR) is 56.6 cm³/mol. The van der Waals surface area contributed by atoms with Crippen LogP contribution in [0.15, 0.2) is 30.4 Å². The number of nitrogens with zero attached hydrogens (tertiary/aromatic N) is 1. The maximum atomic E-state index is 5.52. The number of hydrogen-bond donors (Lipinski definition) is 2. The summed E-state index contributed by atoms with van der Waals surface area (Å²) in [6, 6.07) is 5.53. The molecule has 0 atom stereocenters. The predicted octanol–water partition coefficient (Wildman–Crippen LogP) is 2.04.